The largest absolute Gasteiger partial charge is 0.323 e. The highest BCUT2D eigenvalue weighted by Crippen LogP contribution is 2.40. The molecule has 1 aromatic carbocycles. The lowest BCUT2D eigenvalue weighted by molar-refractivity contribution is 0.305. The maximum absolute atomic E-state index is 6.45. The molecule has 0 aliphatic heterocycles. The van der Waals surface area contributed by atoms with Crippen LogP contribution in [0.25, 0.3) is 0 Å². The fraction of sp³-hybridized carbons (Fsp3) is 0.467. The van der Waals surface area contributed by atoms with Crippen LogP contribution in [-0.2, 0) is 6.42 Å². The first-order valence-corrected chi connectivity index (χ1v) is 6.36. The van der Waals surface area contributed by atoms with Crippen molar-refractivity contribution in [3.63, 3.8) is 0 Å². The van der Waals surface area contributed by atoms with Gasteiger partial charge in [-0.25, -0.2) is 0 Å². The Morgan fingerprint density at radius 2 is 2.00 bits per heavy atom. The lowest BCUT2D eigenvalue weighted by Gasteiger charge is -2.30. The van der Waals surface area contributed by atoms with Crippen molar-refractivity contribution in [3.8, 4) is 0 Å². The Balaban J connectivity index is 2.01. The summed E-state index contributed by atoms with van der Waals surface area (Å²) < 4.78 is 0. The minimum atomic E-state index is 0.209. The second-order valence-electron chi connectivity index (χ2n) is 5.11. The Hall–Kier alpha value is -1.08. The van der Waals surface area contributed by atoms with Crippen LogP contribution in [0, 0.1) is 11.8 Å². The molecular formula is C15H19N. The number of benzene rings is 1. The molecule has 2 N–H and O–H groups in total. The summed E-state index contributed by atoms with van der Waals surface area (Å²) in [5.41, 5.74) is 9.30. The van der Waals surface area contributed by atoms with E-state index in [-0.39, 0.29) is 6.04 Å². The quantitative estimate of drug-likeness (QED) is 0.658. The number of hydrogen-bond donors (Lipinski definition) is 1. The van der Waals surface area contributed by atoms with E-state index in [0.717, 1.165) is 5.92 Å². The van der Waals surface area contributed by atoms with Crippen LogP contribution in [0.4, 0.5) is 0 Å². The third-order valence-electron chi connectivity index (χ3n) is 4.22. The molecule has 1 nitrogen and oxygen atoms in total. The first-order chi connectivity index (χ1) is 7.86. The van der Waals surface area contributed by atoms with Crippen molar-refractivity contribution in [1.82, 2.24) is 0 Å². The number of allylic oxidation sites excluding steroid dienone is 1. The number of aryl methyl sites for hydroxylation is 1. The van der Waals surface area contributed by atoms with Gasteiger partial charge in [0.05, 0.1) is 0 Å². The minimum absolute atomic E-state index is 0.209. The highest BCUT2D eigenvalue weighted by Gasteiger charge is 2.31. The Morgan fingerprint density at radius 3 is 2.94 bits per heavy atom. The van der Waals surface area contributed by atoms with Gasteiger partial charge >= 0.3 is 0 Å². The summed E-state index contributed by atoms with van der Waals surface area (Å²) in [5.74, 6) is 1.37. The van der Waals surface area contributed by atoms with Gasteiger partial charge in [-0.15, -0.1) is 0 Å². The summed E-state index contributed by atoms with van der Waals surface area (Å²) >= 11 is 0. The molecule has 3 rings (SSSR count). The molecule has 2 aliphatic rings. The van der Waals surface area contributed by atoms with E-state index in [1.807, 2.05) is 0 Å². The molecule has 2 aliphatic carbocycles. The number of rotatable bonds is 0. The molecule has 3 atom stereocenters. The molecule has 0 saturated heterocycles. The third-order valence-corrected chi connectivity index (χ3v) is 4.22. The van der Waals surface area contributed by atoms with Gasteiger partial charge in [0.2, 0.25) is 0 Å². The van der Waals surface area contributed by atoms with E-state index in [1.165, 1.54) is 36.8 Å². The van der Waals surface area contributed by atoms with E-state index in [2.05, 4.69) is 36.4 Å². The molecule has 0 heterocycles. The molecule has 0 amide bonds. The molecular weight excluding hydrogens is 194 g/mol. The van der Waals surface area contributed by atoms with E-state index in [0.29, 0.717) is 5.92 Å². The summed E-state index contributed by atoms with van der Waals surface area (Å²) in [5, 5.41) is 0. The average Bonchev–Trinajstić information content (AvgIpc) is 2.49. The van der Waals surface area contributed by atoms with Crippen molar-refractivity contribution in [1.29, 1.82) is 0 Å². The van der Waals surface area contributed by atoms with Crippen LogP contribution in [0.5, 0.6) is 0 Å². The van der Waals surface area contributed by atoms with E-state index in [1.54, 1.807) is 0 Å². The van der Waals surface area contributed by atoms with Crippen molar-refractivity contribution >= 4 is 0 Å². The maximum atomic E-state index is 6.45. The molecule has 0 fully saturated rings. The van der Waals surface area contributed by atoms with Gasteiger partial charge in [-0.05, 0) is 48.6 Å². The maximum Gasteiger partial charge on any atom is 0.0363 e. The van der Waals surface area contributed by atoms with Crippen LogP contribution in [0.15, 0.2) is 36.4 Å². The molecule has 1 heteroatoms. The van der Waals surface area contributed by atoms with E-state index < -0.39 is 0 Å². The highest BCUT2D eigenvalue weighted by molar-refractivity contribution is 5.33. The summed E-state index contributed by atoms with van der Waals surface area (Å²) in [4.78, 5) is 0. The molecule has 0 bridgehead atoms. The van der Waals surface area contributed by atoms with E-state index >= 15 is 0 Å². The fourth-order valence-corrected chi connectivity index (χ4v) is 3.30. The topological polar surface area (TPSA) is 26.0 Å². The number of fused-ring (bicyclic) bond motifs is 2. The van der Waals surface area contributed by atoms with Crippen molar-refractivity contribution in [2.75, 3.05) is 0 Å². The van der Waals surface area contributed by atoms with Crippen LogP contribution in [0.1, 0.15) is 36.4 Å². The Kier molecular flexibility index (Phi) is 2.56. The first-order valence-electron chi connectivity index (χ1n) is 6.36. The minimum Gasteiger partial charge on any atom is -0.323 e. The van der Waals surface area contributed by atoms with Crippen molar-refractivity contribution in [2.45, 2.75) is 31.7 Å². The third kappa shape index (κ3) is 1.60. The number of nitrogens with two attached hydrogens (primary N) is 1. The highest BCUT2D eigenvalue weighted by atomic mass is 14.7. The second-order valence-corrected chi connectivity index (χ2v) is 5.11. The monoisotopic (exact) mass is 213 g/mol. The zero-order valence-corrected chi connectivity index (χ0v) is 9.60. The molecule has 0 radical (unpaired) electrons. The van der Waals surface area contributed by atoms with Crippen molar-refractivity contribution in [3.05, 3.63) is 47.5 Å². The zero-order valence-electron chi connectivity index (χ0n) is 9.60. The summed E-state index contributed by atoms with van der Waals surface area (Å²) in [6.07, 6.45) is 9.75. The molecule has 3 unspecified atom stereocenters. The van der Waals surface area contributed by atoms with Gasteiger partial charge in [-0.3, -0.25) is 0 Å². The zero-order chi connectivity index (χ0) is 11.0. The normalized spacial score (nSPS) is 32.7. The van der Waals surface area contributed by atoms with Crippen molar-refractivity contribution < 1.29 is 0 Å². The Bertz CT molecular complexity index is 408. The van der Waals surface area contributed by atoms with Gasteiger partial charge in [0.1, 0.15) is 0 Å². The standard InChI is InChI=1S/C15H19N/c16-15-13-7-3-1-5-11(13)9-10-12-6-2-4-8-14(12)15/h1,3-5,7-8,12,14-15H,2,6,9-10,16H2. The van der Waals surface area contributed by atoms with Crippen LogP contribution >= 0.6 is 0 Å². The molecule has 1 aromatic rings. The lowest BCUT2D eigenvalue weighted by Crippen LogP contribution is -2.27. The van der Waals surface area contributed by atoms with Crippen LogP contribution in [0.2, 0.25) is 0 Å². The predicted octanol–water partition coefficient (Wildman–Crippen LogP) is 3.22. The summed E-state index contributed by atoms with van der Waals surface area (Å²) in [6, 6.07) is 8.92. The second kappa shape index (κ2) is 4.06. The van der Waals surface area contributed by atoms with Gasteiger partial charge in [0.15, 0.2) is 0 Å². The lowest BCUT2D eigenvalue weighted by atomic mass is 9.78. The fourth-order valence-electron chi connectivity index (χ4n) is 3.30. The summed E-state index contributed by atoms with van der Waals surface area (Å²) in [6.45, 7) is 0. The van der Waals surface area contributed by atoms with E-state index in [9.17, 15) is 0 Å². The van der Waals surface area contributed by atoms with Gasteiger partial charge in [-0.2, -0.15) is 0 Å². The SMILES string of the molecule is NC1c2ccccc2CCC2CCC=CC21. The predicted molar refractivity (Wildman–Crippen MR) is 67.0 cm³/mol. The smallest absolute Gasteiger partial charge is 0.0363 e. The van der Waals surface area contributed by atoms with Crippen LogP contribution < -0.4 is 5.73 Å². The average molecular weight is 213 g/mol. The van der Waals surface area contributed by atoms with Crippen LogP contribution in [0.3, 0.4) is 0 Å². The number of hydrogen-bond acceptors (Lipinski definition) is 1. The van der Waals surface area contributed by atoms with Gasteiger partial charge in [-0.1, -0.05) is 36.4 Å². The molecule has 0 aromatic heterocycles. The molecule has 84 valence electrons. The Morgan fingerprint density at radius 1 is 1.12 bits per heavy atom. The first kappa shape index (κ1) is 10.1. The van der Waals surface area contributed by atoms with Gasteiger partial charge in [0, 0.05) is 6.04 Å². The molecule has 16 heavy (non-hydrogen) atoms. The molecule has 0 spiro atoms. The summed E-state index contributed by atoms with van der Waals surface area (Å²) in [7, 11) is 0. The Labute approximate surface area is 97.4 Å². The van der Waals surface area contributed by atoms with E-state index in [4.69, 9.17) is 5.73 Å². The van der Waals surface area contributed by atoms with Crippen LogP contribution in [-0.4, -0.2) is 0 Å². The van der Waals surface area contributed by atoms with Gasteiger partial charge in [0.25, 0.3) is 0 Å². The van der Waals surface area contributed by atoms with Crippen molar-refractivity contribution in [2.24, 2.45) is 17.6 Å². The van der Waals surface area contributed by atoms with Gasteiger partial charge < -0.3 is 5.73 Å². The molecule has 0 saturated carbocycles.